The van der Waals surface area contributed by atoms with E-state index in [1.54, 1.807) is 33.5 Å². The minimum Gasteiger partial charge on any atom is -0.379 e. The van der Waals surface area contributed by atoms with Gasteiger partial charge in [-0.05, 0) is 31.2 Å². The van der Waals surface area contributed by atoms with Crippen LogP contribution in [-0.4, -0.2) is 64.4 Å². The lowest BCUT2D eigenvalue weighted by molar-refractivity contribution is 0.0383. The summed E-state index contributed by atoms with van der Waals surface area (Å²) in [7, 11) is 0. The number of nitrogens with zero attached hydrogens (tertiary/aromatic N) is 4. The number of aryl methyl sites for hydroxylation is 1. The van der Waals surface area contributed by atoms with Crippen LogP contribution in [0, 0.1) is 0 Å². The predicted molar refractivity (Wildman–Crippen MR) is 102 cm³/mol. The Morgan fingerprint density at radius 1 is 1.19 bits per heavy atom. The number of hydrogen-bond donors (Lipinski definition) is 1. The van der Waals surface area contributed by atoms with E-state index in [1.807, 2.05) is 13.0 Å². The molecule has 0 atom stereocenters. The van der Waals surface area contributed by atoms with Crippen molar-refractivity contribution < 1.29 is 9.53 Å². The average molecular weight is 369 g/mol. The topological polar surface area (TPSA) is 80.9 Å². The van der Waals surface area contributed by atoms with Crippen LogP contribution in [0.1, 0.15) is 17.3 Å². The van der Waals surface area contributed by atoms with Gasteiger partial charge in [-0.3, -0.25) is 14.5 Å². The standard InChI is InChI=1S/C19H23N5O3/c1-2-23-17-13-14(18(25)20-7-8-22-9-11-27-12-10-22)3-4-15(17)24-16(19(23)26)5-6-21-24/h3-6,13H,2,7-12H2,1H3,(H,20,25). The summed E-state index contributed by atoms with van der Waals surface area (Å²) in [5.41, 5.74) is 2.48. The van der Waals surface area contributed by atoms with Gasteiger partial charge in [-0.15, -0.1) is 0 Å². The molecule has 8 nitrogen and oxygen atoms in total. The van der Waals surface area contributed by atoms with Crippen LogP contribution in [0.3, 0.4) is 0 Å². The van der Waals surface area contributed by atoms with Crippen molar-refractivity contribution in [2.24, 2.45) is 0 Å². The van der Waals surface area contributed by atoms with Crippen molar-refractivity contribution in [3.8, 4) is 0 Å². The van der Waals surface area contributed by atoms with E-state index >= 15 is 0 Å². The van der Waals surface area contributed by atoms with Gasteiger partial charge in [0.1, 0.15) is 5.52 Å². The highest BCUT2D eigenvalue weighted by atomic mass is 16.5. The molecule has 0 aliphatic carbocycles. The second-order valence-corrected chi connectivity index (χ2v) is 6.59. The van der Waals surface area contributed by atoms with E-state index in [-0.39, 0.29) is 11.5 Å². The molecule has 0 radical (unpaired) electrons. The fourth-order valence-electron chi connectivity index (χ4n) is 3.53. The smallest absolute Gasteiger partial charge is 0.277 e. The predicted octanol–water partition coefficient (Wildman–Crippen LogP) is 0.731. The number of nitrogens with one attached hydrogen (secondary N) is 1. The van der Waals surface area contributed by atoms with Crippen molar-refractivity contribution in [2.75, 3.05) is 39.4 Å². The van der Waals surface area contributed by atoms with Crippen LogP contribution < -0.4 is 10.9 Å². The molecule has 0 spiro atoms. The van der Waals surface area contributed by atoms with Crippen molar-refractivity contribution in [3.05, 3.63) is 46.4 Å². The lowest BCUT2D eigenvalue weighted by Crippen LogP contribution is -2.41. The molecule has 3 aromatic rings. The Morgan fingerprint density at radius 2 is 2.00 bits per heavy atom. The number of ether oxygens (including phenoxy) is 1. The van der Waals surface area contributed by atoms with Gasteiger partial charge in [0, 0.05) is 38.3 Å². The molecular formula is C19H23N5O3. The molecule has 1 fully saturated rings. The van der Waals surface area contributed by atoms with Crippen LogP contribution in [-0.2, 0) is 11.3 Å². The number of benzene rings is 1. The van der Waals surface area contributed by atoms with Crippen LogP contribution in [0.2, 0.25) is 0 Å². The molecule has 0 unspecified atom stereocenters. The second kappa shape index (κ2) is 7.50. The molecule has 1 aliphatic rings. The highest BCUT2D eigenvalue weighted by Crippen LogP contribution is 2.16. The van der Waals surface area contributed by atoms with E-state index in [4.69, 9.17) is 4.74 Å². The first-order chi connectivity index (χ1) is 13.2. The van der Waals surface area contributed by atoms with Gasteiger partial charge in [-0.25, -0.2) is 4.52 Å². The molecular weight excluding hydrogens is 346 g/mol. The zero-order valence-electron chi connectivity index (χ0n) is 15.4. The first-order valence-electron chi connectivity index (χ1n) is 9.27. The molecule has 1 aliphatic heterocycles. The van der Waals surface area contributed by atoms with Crippen molar-refractivity contribution >= 4 is 22.5 Å². The summed E-state index contributed by atoms with van der Waals surface area (Å²) in [6.45, 7) is 7.11. The molecule has 1 aromatic carbocycles. The lowest BCUT2D eigenvalue weighted by atomic mass is 10.1. The largest absolute Gasteiger partial charge is 0.379 e. The Kier molecular flexibility index (Phi) is 4.91. The normalized spacial score (nSPS) is 15.4. The monoisotopic (exact) mass is 369 g/mol. The molecule has 142 valence electrons. The third-order valence-corrected chi connectivity index (χ3v) is 5.00. The third-order valence-electron chi connectivity index (χ3n) is 5.00. The average Bonchev–Trinajstić information content (AvgIpc) is 3.19. The van der Waals surface area contributed by atoms with Crippen molar-refractivity contribution in [3.63, 3.8) is 0 Å². The number of morpholine rings is 1. The fourth-order valence-corrected chi connectivity index (χ4v) is 3.53. The molecule has 1 N–H and O–H groups in total. The molecule has 8 heteroatoms. The van der Waals surface area contributed by atoms with Crippen molar-refractivity contribution in [1.82, 2.24) is 24.4 Å². The number of aromatic nitrogens is 3. The molecule has 0 saturated carbocycles. The molecule has 4 rings (SSSR count). The summed E-state index contributed by atoms with van der Waals surface area (Å²) in [4.78, 5) is 27.5. The minimum absolute atomic E-state index is 0.104. The number of amides is 1. The first-order valence-corrected chi connectivity index (χ1v) is 9.27. The van der Waals surface area contributed by atoms with Gasteiger partial charge in [0.05, 0.1) is 30.4 Å². The van der Waals surface area contributed by atoms with Crippen LogP contribution >= 0.6 is 0 Å². The summed E-state index contributed by atoms with van der Waals surface area (Å²) < 4.78 is 8.64. The summed E-state index contributed by atoms with van der Waals surface area (Å²) >= 11 is 0. The summed E-state index contributed by atoms with van der Waals surface area (Å²) in [5.74, 6) is -0.138. The third kappa shape index (κ3) is 3.33. The van der Waals surface area contributed by atoms with Gasteiger partial charge in [-0.1, -0.05) is 0 Å². The highest BCUT2D eigenvalue weighted by molar-refractivity contribution is 5.97. The molecule has 3 heterocycles. The van der Waals surface area contributed by atoms with E-state index in [0.717, 1.165) is 38.4 Å². The fraction of sp³-hybridized carbons (Fsp3) is 0.421. The van der Waals surface area contributed by atoms with Crippen LogP contribution in [0.5, 0.6) is 0 Å². The Morgan fingerprint density at radius 3 is 2.78 bits per heavy atom. The summed E-state index contributed by atoms with van der Waals surface area (Å²) in [6.07, 6.45) is 1.61. The minimum atomic E-state index is -0.138. The van der Waals surface area contributed by atoms with Gasteiger partial charge in [0.25, 0.3) is 11.5 Å². The van der Waals surface area contributed by atoms with Crippen molar-refractivity contribution in [2.45, 2.75) is 13.5 Å². The van der Waals surface area contributed by atoms with Crippen LogP contribution in [0.4, 0.5) is 0 Å². The Balaban J connectivity index is 1.58. The van der Waals surface area contributed by atoms with Gasteiger partial charge in [0.15, 0.2) is 0 Å². The summed E-state index contributed by atoms with van der Waals surface area (Å²) in [5, 5.41) is 7.21. The van der Waals surface area contributed by atoms with Crippen molar-refractivity contribution in [1.29, 1.82) is 0 Å². The summed E-state index contributed by atoms with van der Waals surface area (Å²) in [6, 6.07) is 7.10. The Bertz CT molecular complexity index is 1030. The maximum Gasteiger partial charge on any atom is 0.277 e. The molecule has 1 saturated heterocycles. The zero-order valence-corrected chi connectivity index (χ0v) is 15.4. The first kappa shape index (κ1) is 17.7. The van der Waals surface area contributed by atoms with Crippen LogP contribution in [0.15, 0.2) is 35.3 Å². The number of carbonyl (C=O) groups is 1. The number of carbonyl (C=O) groups excluding carboxylic acids is 1. The van der Waals surface area contributed by atoms with E-state index in [1.165, 1.54) is 0 Å². The quantitative estimate of drug-likeness (QED) is 0.717. The second-order valence-electron chi connectivity index (χ2n) is 6.59. The number of rotatable bonds is 5. The van der Waals surface area contributed by atoms with E-state index in [9.17, 15) is 9.59 Å². The molecule has 27 heavy (non-hydrogen) atoms. The number of fused-ring (bicyclic) bond motifs is 3. The maximum atomic E-state index is 12.6. The highest BCUT2D eigenvalue weighted by Gasteiger charge is 2.14. The van der Waals surface area contributed by atoms with E-state index < -0.39 is 0 Å². The van der Waals surface area contributed by atoms with Gasteiger partial charge < -0.3 is 14.6 Å². The Hall–Kier alpha value is -2.71. The van der Waals surface area contributed by atoms with Gasteiger partial charge in [0.2, 0.25) is 0 Å². The zero-order chi connectivity index (χ0) is 18.8. The van der Waals surface area contributed by atoms with E-state index in [2.05, 4.69) is 15.3 Å². The number of hydrogen-bond acceptors (Lipinski definition) is 5. The SMILES string of the molecule is CCn1c(=O)c2ccnn2c2ccc(C(=O)NCCN3CCOCC3)cc21. The molecule has 1 amide bonds. The lowest BCUT2D eigenvalue weighted by Gasteiger charge is -2.26. The van der Waals surface area contributed by atoms with Gasteiger partial charge >= 0.3 is 0 Å². The molecule has 2 aromatic heterocycles. The maximum absolute atomic E-state index is 12.6. The Labute approximate surface area is 156 Å². The molecule has 0 bridgehead atoms. The van der Waals surface area contributed by atoms with Crippen LogP contribution in [0.25, 0.3) is 16.6 Å². The van der Waals surface area contributed by atoms with E-state index in [0.29, 0.717) is 29.7 Å². The van der Waals surface area contributed by atoms with Gasteiger partial charge in [-0.2, -0.15) is 5.10 Å².